The maximum absolute atomic E-state index is 4.41. The van der Waals surface area contributed by atoms with E-state index in [2.05, 4.69) is 58.3 Å². The van der Waals surface area contributed by atoms with Crippen molar-refractivity contribution in [1.29, 1.82) is 0 Å². The molecule has 0 aliphatic rings. The Bertz CT molecular complexity index is 549. The third-order valence-electron chi connectivity index (χ3n) is 2.99. The summed E-state index contributed by atoms with van der Waals surface area (Å²) in [6, 6.07) is 6.65. The van der Waals surface area contributed by atoms with Crippen molar-refractivity contribution >= 4 is 32.4 Å². The number of nitrogens with one attached hydrogen (secondary N) is 1. The van der Waals surface area contributed by atoms with Crippen LogP contribution in [-0.2, 0) is 12.8 Å². The average molecular weight is 325 g/mol. The first kappa shape index (κ1) is 13.6. The Morgan fingerprint density at radius 1 is 1.28 bits per heavy atom. The largest absolute Gasteiger partial charge is 0.365 e. The predicted octanol–water partition coefficient (Wildman–Crippen LogP) is 4.35. The Balaban J connectivity index is 2.11. The summed E-state index contributed by atoms with van der Waals surface area (Å²) in [5.74, 6) is 0. The zero-order chi connectivity index (χ0) is 13.1. The molecule has 0 fully saturated rings. The van der Waals surface area contributed by atoms with Gasteiger partial charge in [0.15, 0.2) is 5.13 Å². The molecule has 4 heteroatoms. The number of hydrogen-bond donors (Lipinski definition) is 1. The van der Waals surface area contributed by atoms with Gasteiger partial charge in [-0.15, -0.1) is 11.3 Å². The quantitative estimate of drug-likeness (QED) is 0.904. The van der Waals surface area contributed by atoms with E-state index in [0.717, 1.165) is 22.6 Å². The molecule has 96 valence electrons. The zero-order valence-corrected chi connectivity index (χ0v) is 13.3. The summed E-state index contributed by atoms with van der Waals surface area (Å²) in [6.45, 7) is 4.32. The van der Waals surface area contributed by atoms with Gasteiger partial charge < -0.3 is 5.32 Å². The first-order valence-corrected chi connectivity index (χ1v) is 7.60. The van der Waals surface area contributed by atoms with Crippen LogP contribution in [0.3, 0.4) is 0 Å². The maximum atomic E-state index is 4.41. The summed E-state index contributed by atoms with van der Waals surface area (Å²) in [7, 11) is 1.90. The van der Waals surface area contributed by atoms with Gasteiger partial charge in [0.25, 0.3) is 0 Å². The fraction of sp³-hybridized carbons (Fsp3) is 0.357. The second-order valence-electron chi connectivity index (χ2n) is 4.41. The first-order chi connectivity index (χ1) is 8.60. The zero-order valence-electron chi connectivity index (χ0n) is 10.9. The number of hydrogen-bond acceptors (Lipinski definition) is 3. The van der Waals surface area contributed by atoms with Crippen LogP contribution in [0.25, 0.3) is 0 Å². The number of anilines is 1. The van der Waals surface area contributed by atoms with Gasteiger partial charge in [-0.05, 0) is 53.7 Å². The lowest BCUT2D eigenvalue weighted by atomic mass is 10.0. The molecule has 0 amide bonds. The minimum atomic E-state index is 0.970. The van der Waals surface area contributed by atoms with Crippen molar-refractivity contribution in [2.24, 2.45) is 0 Å². The van der Waals surface area contributed by atoms with E-state index in [4.69, 9.17) is 0 Å². The number of nitrogens with zero attached hydrogens (tertiary/aromatic N) is 1. The smallest absolute Gasteiger partial charge is 0.183 e. The summed E-state index contributed by atoms with van der Waals surface area (Å²) in [5.41, 5.74) is 4.13. The van der Waals surface area contributed by atoms with Crippen molar-refractivity contribution in [2.75, 3.05) is 12.4 Å². The number of aromatic nitrogens is 1. The van der Waals surface area contributed by atoms with Crippen LogP contribution in [0.5, 0.6) is 0 Å². The monoisotopic (exact) mass is 324 g/mol. The first-order valence-electron chi connectivity index (χ1n) is 5.99. The van der Waals surface area contributed by atoms with Crippen molar-refractivity contribution in [2.45, 2.75) is 26.7 Å². The van der Waals surface area contributed by atoms with E-state index in [-0.39, 0.29) is 0 Å². The number of rotatable bonds is 4. The Labute approximate surface area is 121 Å². The van der Waals surface area contributed by atoms with E-state index in [9.17, 15) is 0 Å². The van der Waals surface area contributed by atoms with Gasteiger partial charge in [-0.3, -0.25) is 0 Å². The molecule has 2 aromatic rings. The summed E-state index contributed by atoms with van der Waals surface area (Å²) in [6.07, 6.45) is 2.10. The highest BCUT2D eigenvalue weighted by atomic mass is 79.9. The Kier molecular flexibility index (Phi) is 4.40. The van der Waals surface area contributed by atoms with Crippen LogP contribution in [-0.4, -0.2) is 12.0 Å². The molecule has 1 heterocycles. The van der Waals surface area contributed by atoms with E-state index < -0.39 is 0 Å². The molecule has 18 heavy (non-hydrogen) atoms. The van der Waals surface area contributed by atoms with Gasteiger partial charge in [0.1, 0.15) is 4.60 Å². The SMILES string of the molecule is CNc1nc(Br)c(CCc2cc(C)ccc2C)s1. The molecule has 0 aliphatic heterocycles. The van der Waals surface area contributed by atoms with Crippen LogP contribution in [0.2, 0.25) is 0 Å². The predicted molar refractivity (Wildman–Crippen MR) is 82.7 cm³/mol. The van der Waals surface area contributed by atoms with Crippen LogP contribution < -0.4 is 5.32 Å². The summed E-state index contributed by atoms with van der Waals surface area (Å²) in [5, 5.41) is 4.05. The third kappa shape index (κ3) is 3.12. The molecule has 2 rings (SSSR count). The number of benzene rings is 1. The molecule has 1 aromatic heterocycles. The number of aryl methyl sites for hydroxylation is 4. The van der Waals surface area contributed by atoms with E-state index in [1.807, 2.05) is 7.05 Å². The van der Waals surface area contributed by atoms with Gasteiger partial charge in [-0.25, -0.2) is 4.98 Å². The van der Waals surface area contributed by atoms with Crippen LogP contribution in [0.4, 0.5) is 5.13 Å². The molecule has 0 spiro atoms. The summed E-state index contributed by atoms with van der Waals surface area (Å²) < 4.78 is 0.974. The average Bonchev–Trinajstić information content (AvgIpc) is 2.71. The molecule has 0 unspecified atom stereocenters. The standard InChI is InChI=1S/C14H17BrN2S/c1-9-4-5-10(2)11(8-9)6-7-12-13(15)17-14(16-3)18-12/h4-5,8H,6-7H2,1-3H3,(H,16,17). The molecule has 0 saturated heterocycles. The van der Waals surface area contributed by atoms with Crippen LogP contribution in [0.1, 0.15) is 21.6 Å². The van der Waals surface area contributed by atoms with Crippen LogP contribution in [0, 0.1) is 13.8 Å². The molecular weight excluding hydrogens is 308 g/mol. The van der Waals surface area contributed by atoms with E-state index in [1.165, 1.54) is 21.6 Å². The minimum absolute atomic E-state index is 0.970. The molecular formula is C14H17BrN2S. The summed E-state index contributed by atoms with van der Waals surface area (Å²) in [4.78, 5) is 5.71. The topological polar surface area (TPSA) is 24.9 Å². The van der Waals surface area contributed by atoms with Gasteiger partial charge in [0.05, 0.1) is 0 Å². The fourth-order valence-electron chi connectivity index (χ4n) is 1.91. The van der Waals surface area contributed by atoms with Crippen molar-refractivity contribution in [1.82, 2.24) is 4.98 Å². The van der Waals surface area contributed by atoms with Crippen LogP contribution >= 0.6 is 27.3 Å². The molecule has 0 saturated carbocycles. The Morgan fingerprint density at radius 2 is 2.06 bits per heavy atom. The third-order valence-corrected chi connectivity index (χ3v) is 5.04. The summed E-state index contributed by atoms with van der Waals surface area (Å²) >= 11 is 5.24. The second kappa shape index (κ2) is 5.85. The van der Waals surface area contributed by atoms with Gasteiger partial charge >= 0.3 is 0 Å². The molecule has 1 aromatic carbocycles. The van der Waals surface area contributed by atoms with Crippen molar-refractivity contribution in [3.8, 4) is 0 Å². The fourth-order valence-corrected chi connectivity index (χ4v) is 3.45. The van der Waals surface area contributed by atoms with Gasteiger partial charge in [-0.1, -0.05) is 23.8 Å². The second-order valence-corrected chi connectivity index (χ2v) is 6.25. The highest BCUT2D eigenvalue weighted by Gasteiger charge is 2.08. The van der Waals surface area contributed by atoms with Gasteiger partial charge in [-0.2, -0.15) is 0 Å². The molecule has 0 aliphatic carbocycles. The number of thiazole rings is 1. The normalized spacial score (nSPS) is 10.7. The molecule has 0 atom stereocenters. The molecule has 0 radical (unpaired) electrons. The highest BCUT2D eigenvalue weighted by molar-refractivity contribution is 9.10. The van der Waals surface area contributed by atoms with E-state index in [1.54, 1.807) is 11.3 Å². The molecule has 1 N–H and O–H groups in total. The van der Waals surface area contributed by atoms with Crippen LogP contribution in [0.15, 0.2) is 22.8 Å². The molecule has 2 nitrogen and oxygen atoms in total. The lowest BCUT2D eigenvalue weighted by Crippen LogP contribution is -1.94. The van der Waals surface area contributed by atoms with E-state index in [0.29, 0.717) is 0 Å². The number of halogens is 1. The van der Waals surface area contributed by atoms with Gasteiger partial charge in [0.2, 0.25) is 0 Å². The van der Waals surface area contributed by atoms with Crippen molar-refractivity contribution in [3.63, 3.8) is 0 Å². The Morgan fingerprint density at radius 3 is 2.72 bits per heavy atom. The van der Waals surface area contributed by atoms with Crippen molar-refractivity contribution in [3.05, 3.63) is 44.4 Å². The lowest BCUT2D eigenvalue weighted by molar-refractivity contribution is 0.955. The Hall–Kier alpha value is -0.870. The van der Waals surface area contributed by atoms with Gasteiger partial charge in [0, 0.05) is 11.9 Å². The highest BCUT2D eigenvalue weighted by Crippen LogP contribution is 2.28. The lowest BCUT2D eigenvalue weighted by Gasteiger charge is -2.06. The van der Waals surface area contributed by atoms with E-state index >= 15 is 0 Å². The minimum Gasteiger partial charge on any atom is -0.365 e. The molecule has 0 bridgehead atoms. The van der Waals surface area contributed by atoms with Crippen molar-refractivity contribution < 1.29 is 0 Å². The maximum Gasteiger partial charge on any atom is 0.183 e.